The molecule has 4 heteroatoms. The van der Waals surface area contributed by atoms with Gasteiger partial charge in [-0.25, -0.2) is 0 Å². The molecule has 0 aromatic carbocycles. The molecule has 2 aliphatic carbocycles. The monoisotopic (exact) mass is 326 g/mol. The summed E-state index contributed by atoms with van der Waals surface area (Å²) in [6, 6.07) is 2.08. The van der Waals surface area contributed by atoms with E-state index in [1.807, 2.05) is 12.2 Å². The van der Waals surface area contributed by atoms with Crippen molar-refractivity contribution in [3.05, 3.63) is 25.3 Å². The topological polar surface area (TPSA) is 29.5 Å². The molecule has 0 aromatic heterocycles. The third-order valence-corrected chi connectivity index (χ3v) is 11.5. The Morgan fingerprint density at radius 3 is 1.67 bits per heavy atom. The van der Waals surface area contributed by atoms with Gasteiger partial charge in [-0.1, -0.05) is 12.2 Å². The van der Waals surface area contributed by atoms with Crippen molar-refractivity contribution >= 4 is 16.6 Å². The zero-order chi connectivity index (χ0) is 16.1. The highest BCUT2D eigenvalue weighted by Crippen LogP contribution is 2.47. The van der Waals surface area contributed by atoms with E-state index in [4.69, 9.17) is 4.12 Å². The Bertz CT molecular complexity index is 336. The summed E-state index contributed by atoms with van der Waals surface area (Å²) in [7, 11) is -2.96. The van der Waals surface area contributed by atoms with Crippen LogP contribution >= 0.6 is 0 Å². The molecule has 0 amide bonds. The molecule has 122 valence electrons. The summed E-state index contributed by atoms with van der Waals surface area (Å²) in [4.78, 5) is 0. The highest BCUT2D eigenvalue weighted by Gasteiger charge is 2.42. The van der Waals surface area contributed by atoms with Gasteiger partial charge in [0.05, 0.1) is 5.60 Å². The summed E-state index contributed by atoms with van der Waals surface area (Å²) in [6.07, 6.45) is 9.80. The van der Waals surface area contributed by atoms with Gasteiger partial charge in [0.15, 0.2) is 16.6 Å². The fourth-order valence-electron chi connectivity index (χ4n) is 3.69. The molecule has 0 atom stereocenters. The average Bonchev–Trinajstić information content (AvgIpc) is 2.85. The molecule has 0 heterocycles. The Labute approximate surface area is 133 Å². The van der Waals surface area contributed by atoms with Crippen molar-refractivity contribution in [3.63, 3.8) is 0 Å². The molecule has 21 heavy (non-hydrogen) atoms. The maximum absolute atomic E-state index is 9.54. The normalized spacial score (nSPS) is 28.0. The zero-order valence-corrected chi connectivity index (χ0v) is 16.5. The third kappa shape index (κ3) is 6.63. The highest BCUT2D eigenvalue weighted by molar-refractivity contribution is 6.85. The molecule has 0 aliphatic heterocycles. The van der Waals surface area contributed by atoms with Crippen LogP contribution in [0.4, 0.5) is 0 Å². The van der Waals surface area contributed by atoms with Gasteiger partial charge in [0.25, 0.3) is 0 Å². The Morgan fingerprint density at radius 2 is 1.48 bits per heavy atom. The minimum atomic E-state index is -1.48. The predicted molar refractivity (Wildman–Crippen MR) is 97.6 cm³/mol. The average molecular weight is 327 g/mol. The number of allylic oxidation sites excluding steroid dienone is 2. The lowest BCUT2D eigenvalue weighted by Crippen LogP contribution is -2.43. The Kier molecular flexibility index (Phi) is 6.65. The van der Waals surface area contributed by atoms with E-state index in [0.717, 1.165) is 37.3 Å². The summed E-state index contributed by atoms with van der Waals surface area (Å²) in [5.74, 6) is 0.889. The van der Waals surface area contributed by atoms with Gasteiger partial charge in [-0.15, -0.1) is 13.2 Å². The molecule has 0 radical (unpaired) electrons. The molecule has 0 aromatic rings. The van der Waals surface area contributed by atoms with Crippen LogP contribution in [0.1, 0.15) is 32.1 Å². The molecule has 1 N–H and O–H groups in total. The smallest absolute Gasteiger partial charge is 0.177 e. The number of aliphatic hydroxyl groups is 1. The first-order valence-electron chi connectivity index (χ1n) is 8.26. The lowest BCUT2D eigenvalue weighted by atomic mass is 9.98. The van der Waals surface area contributed by atoms with E-state index in [0.29, 0.717) is 0 Å². The van der Waals surface area contributed by atoms with Gasteiger partial charge in [-0.2, -0.15) is 0 Å². The van der Waals surface area contributed by atoms with E-state index in [9.17, 15) is 5.11 Å². The van der Waals surface area contributed by atoms with E-state index in [-0.39, 0.29) is 5.60 Å². The first kappa shape index (κ1) is 18.9. The van der Waals surface area contributed by atoms with E-state index >= 15 is 0 Å². The van der Waals surface area contributed by atoms with Gasteiger partial charge in [0.2, 0.25) is 0 Å². The largest absolute Gasteiger partial charge is 0.455 e. The Morgan fingerprint density at radius 1 is 1.05 bits per heavy atom. The molecule has 0 unspecified atom stereocenters. The molecule has 0 spiro atoms. The van der Waals surface area contributed by atoms with Crippen LogP contribution in [0.15, 0.2) is 25.3 Å². The van der Waals surface area contributed by atoms with E-state index in [1.54, 1.807) is 0 Å². The molecular weight excluding hydrogens is 292 g/mol. The first-order chi connectivity index (χ1) is 9.61. The van der Waals surface area contributed by atoms with Gasteiger partial charge in [0.1, 0.15) is 0 Å². The maximum atomic E-state index is 9.54. The van der Waals surface area contributed by atoms with Crippen molar-refractivity contribution in [1.29, 1.82) is 0 Å². The molecular formula is C17H34O2Si2. The van der Waals surface area contributed by atoms with Gasteiger partial charge in [-0.05, 0) is 76.3 Å². The van der Waals surface area contributed by atoms with Crippen LogP contribution in [0.2, 0.25) is 38.3 Å². The summed E-state index contributed by atoms with van der Waals surface area (Å²) in [5, 5.41) is 9.54. The van der Waals surface area contributed by atoms with Crippen LogP contribution in [0.5, 0.6) is 0 Å². The third-order valence-electron chi connectivity index (χ3n) is 4.53. The number of hydrogen-bond acceptors (Lipinski definition) is 2. The minimum Gasteiger partial charge on any atom is -0.455 e. The minimum absolute atomic E-state index is 0.190. The molecule has 2 fully saturated rings. The van der Waals surface area contributed by atoms with Gasteiger partial charge < -0.3 is 9.22 Å². The molecule has 2 rings (SSSR count). The van der Waals surface area contributed by atoms with E-state index < -0.39 is 16.6 Å². The standard InChI is InChI=1S/C10H22OSi2.C7H12O/c1-7-9-12(3,4)11-13(5,6)10-8-2;8-7-3-1-6(5-7)2-4-7/h7-8H,1-2,9-10H2,3-6H3;6,8H,1-5H2. The van der Waals surface area contributed by atoms with E-state index in [2.05, 4.69) is 39.3 Å². The van der Waals surface area contributed by atoms with Crippen molar-refractivity contribution in [2.75, 3.05) is 0 Å². The summed E-state index contributed by atoms with van der Waals surface area (Å²) in [5.41, 5.74) is -0.190. The SMILES string of the molecule is C=CC[Si](C)(C)O[Si](C)(C)CC=C.OC12CCC(CC1)C2. The fourth-order valence-corrected chi connectivity index (χ4v) is 11.7. The van der Waals surface area contributed by atoms with Crippen molar-refractivity contribution in [3.8, 4) is 0 Å². The van der Waals surface area contributed by atoms with Gasteiger partial charge >= 0.3 is 0 Å². The van der Waals surface area contributed by atoms with Crippen LogP contribution in [0.3, 0.4) is 0 Å². The van der Waals surface area contributed by atoms with Crippen LogP contribution < -0.4 is 0 Å². The lowest BCUT2D eigenvalue weighted by Gasteiger charge is -2.32. The van der Waals surface area contributed by atoms with Crippen LogP contribution in [-0.2, 0) is 4.12 Å². The van der Waals surface area contributed by atoms with Crippen molar-refractivity contribution in [2.45, 2.75) is 76.0 Å². The van der Waals surface area contributed by atoms with Crippen LogP contribution in [-0.4, -0.2) is 27.3 Å². The van der Waals surface area contributed by atoms with Crippen LogP contribution in [0.25, 0.3) is 0 Å². The predicted octanol–water partition coefficient (Wildman–Crippen LogP) is 5.10. The molecule has 0 saturated heterocycles. The zero-order valence-electron chi connectivity index (χ0n) is 14.5. The lowest BCUT2D eigenvalue weighted by molar-refractivity contribution is 0.0521. The Hall–Kier alpha value is -0.166. The number of fused-ring (bicyclic) bond motifs is 2. The first-order valence-corrected chi connectivity index (χ1v) is 14.5. The fraction of sp³-hybridized carbons (Fsp3) is 0.765. The number of rotatable bonds is 6. The molecule has 2 aliphatic rings. The summed E-state index contributed by atoms with van der Waals surface area (Å²) < 4.78 is 6.24. The van der Waals surface area contributed by atoms with Crippen molar-refractivity contribution in [1.82, 2.24) is 0 Å². The van der Waals surface area contributed by atoms with Crippen molar-refractivity contribution < 1.29 is 9.22 Å². The van der Waals surface area contributed by atoms with Crippen molar-refractivity contribution in [2.24, 2.45) is 5.92 Å². The second kappa shape index (κ2) is 7.40. The second-order valence-electron chi connectivity index (χ2n) is 7.98. The quantitative estimate of drug-likeness (QED) is 0.544. The van der Waals surface area contributed by atoms with E-state index in [1.165, 1.54) is 12.8 Å². The molecule has 2 nitrogen and oxygen atoms in total. The highest BCUT2D eigenvalue weighted by atomic mass is 28.4. The summed E-state index contributed by atoms with van der Waals surface area (Å²) >= 11 is 0. The van der Waals surface area contributed by atoms with Gasteiger partial charge in [-0.3, -0.25) is 0 Å². The Balaban J connectivity index is 0.000000230. The van der Waals surface area contributed by atoms with Gasteiger partial charge in [0, 0.05) is 0 Å². The maximum Gasteiger partial charge on any atom is 0.177 e. The molecule has 2 bridgehead atoms. The number of hydrogen-bond donors (Lipinski definition) is 1. The second-order valence-corrected chi connectivity index (χ2v) is 16.7. The summed E-state index contributed by atoms with van der Waals surface area (Å²) in [6.45, 7) is 16.6. The molecule has 2 saturated carbocycles. The van der Waals surface area contributed by atoms with Crippen LogP contribution in [0, 0.1) is 5.92 Å².